The number of likely N-dealkylation sites (tertiary alicyclic amines) is 2. The van der Waals surface area contributed by atoms with E-state index in [4.69, 9.17) is 14.5 Å². The Balaban J connectivity index is 0.00000300. The van der Waals surface area contributed by atoms with Crippen LogP contribution in [0.2, 0.25) is 0 Å². The standard InChI is InChI=1S/C22H42N4O2.HI/c1-2-23-22(24-12-17-25-13-6-3-4-7-14-25)26-15-10-20(11-16-26)28-19-21-9-5-8-18-27-21;/h20-21H,2-19H2,1H3,(H,23,24);1H. The molecule has 0 radical (unpaired) electrons. The second-order valence-corrected chi connectivity index (χ2v) is 8.50. The van der Waals surface area contributed by atoms with Crippen molar-refractivity contribution >= 4 is 29.9 Å². The highest BCUT2D eigenvalue weighted by molar-refractivity contribution is 14.0. The molecule has 0 aromatic rings. The van der Waals surface area contributed by atoms with E-state index in [1.807, 2.05) is 0 Å². The molecule has 29 heavy (non-hydrogen) atoms. The summed E-state index contributed by atoms with van der Waals surface area (Å²) in [4.78, 5) is 9.95. The van der Waals surface area contributed by atoms with E-state index in [1.54, 1.807) is 0 Å². The fourth-order valence-electron chi connectivity index (χ4n) is 4.50. The van der Waals surface area contributed by atoms with Gasteiger partial charge in [-0.1, -0.05) is 12.8 Å². The van der Waals surface area contributed by atoms with Gasteiger partial charge in [-0.2, -0.15) is 0 Å². The molecule has 0 amide bonds. The number of hydrogen-bond acceptors (Lipinski definition) is 4. The number of rotatable bonds is 7. The fraction of sp³-hybridized carbons (Fsp3) is 0.955. The second-order valence-electron chi connectivity index (χ2n) is 8.50. The Morgan fingerprint density at radius 1 is 1.00 bits per heavy atom. The van der Waals surface area contributed by atoms with E-state index in [1.165, 1.54) is 51.6 Å². The number of piperidine rings is 1. The van der Waals surface area contributed by atoms with E-state index in [-0.39, 0.29) is 24.0 Å². The Morgan fingerprint density at radius 3 is 2.41 bits per heavy atom. The van der Waals surface area contributed by atoms with E-state index in [2.05, 4.69) is 22.0 Å². The van der Waals surface area contributed by atoms with E-state index in [0.29, 0.717) is 12.2 Å². The lowest BCUT2D eigenvalue weighted by Gasteiger charge is -2.35. The predicted molar refractivity (Wildman–Crippen MR) is 130 cm³/mol. The molecule has 1 N–H and O–H groups in total. The van der Waals surface area contributed by atoms with Crippen molar-refractivity contribution in [2.24, 2.45) is 4.99 Å². The van der Waals surface area contributed by atoms with Crippen molar-refractivity contribution < 1.29 is 9.47 Å². The van der Waals surface area contributed by atoms with Gasteiger partial charge in [0.25, 0.3) is 0 Å². The maximum Gasteiger partial charge on any atom is 0.193 e. The zero-order valence-electron chi connectivity index (χ0n) is 18.4. The molecular formula is C22H43IN4O2. The Hall–Kier alpha value is -0.120. The van der Waals surface area contributed by atoms with Crippen molar-refractivity contribution in [1.29, 1.82) is 0 Å². The van der Waals surface area contributed by atoms with Crippen LogP contribution in [0.25, 0.3) is 0 Å². The maximum absolute atomic E-state index is 6.16. The number of nitrogens with one attached hydrogen (secondary N) is 1. The molecule has 3 heterocycles. The Morgan fingerprint density at radius 2 is 1.76 bits per heavy atom. The third-order valence-electron chi connectivity index (χ3n) is 6.24. The largest absolute Gasteiger partial charge is 0.376 e. The number of aliphatic imine (C=N–C) groups is 1. The van der Waals surface area contributed by atoms with E-state index < -0.39 is 0 Å². The number of hydrogen-bond donors (Lipinski definition) is 1. The van der Waals surface area contributed by atoms with Crippen molar-refractivity contribution in [3.8, 4) is 0 Å². The summed E-state index contributed by atoms with van der Waals surface area (Å²) in [7, 11) is 0. The van der Waals surface area contributed by atoms with E-state index >= 15 is 0 Å². The molecule has 0 bridgehead atoms. The minimum Gasteiger partial charge on any atom is -0.376 e. The summed E-state index contributed by atoms with van der Waals surface area (Å²) in [6.45, 7) is 11.3. The Kier molecular flexibility index (Phi) is 12.8. The Bertz CT molecular complexity index is 444. The minimum absolute atomic E-state index is 0. The van der Waals surface area contributed by atoms with Gasteiger partial charge in [-0.15, -0.1) is 24.0 Å². The molecule has 0 aliphatic carbocycles. The normalized spacial score (nSPS) is 25.3. The quantitative estimate of drug-likeness (QED) is 0.315. The van der Waals surface area contributed by atoms with Crippen LogP contribution in [0.3, 0.4) is 0 Å². The second kappa shape index (κ2) is 14.8. The summed E-state index contributed by atoms with van der Waals surface area (Å²) >= 11 is 0. The molecule has 3 rings (SSSR count). The van der Waals surface area contributed by atoms with Crippen LogP contribution in [0.1, 0.15) is 64.7 Å². The average molecular weight is 523 g/mol. The van der Waals surface area contributed by atoms with Crippen LogP contribution >= 0.6 is 24.0 Å². The SMILES string of the molecule is CCNC(=NCCN1CCCCCC1)N1CCC(OCC2CCCCO2)CC1.I. The highest BCUT2D eigenvalue weighted by Crippen LogP contribution is 2.18. The molecule has 0 saturated carbocycles. The van der Waals surface area contributed by atoms with Crippen molar-refractivity contribution in [2.45, 2.75) is 76.9 Å². The molecule has 0 spiro atoms. The number of halogens is 1. The topological polar surface area (TPSA) is 49.3 Å². The van der Waals surface area contributed by atoms with Gasteiger partial charge in [0.15, 0.2) is 5.96 Å². The maximum atomic E-state index is 6.16. The third kappa shape index (κ3) is 9.27. The number of guanidine groups is 1. The van der Waals surface area contributed by atoms with Crippen LogP contribution in [-0.4, -0.2) is 87.0 Å². The van der Waals surface area contributed by atoms with Gasteiger partial charge in [0.2, 0.25) is 0 Å². The molecule has 1 atom stereocenters. The van der Waals surface area contributed by atoms with Crippen molar-refractivity contribution in [3.63, 3.8) is 0 Å². The first-order valence-corrected chi connectivity index (χ1v) is 11.8. The van der Waals surface area contributed by atoms with Crippen LogP contribution in [0.4, 0.5) is 0 Å². The van der Waals surface area contributed by atoms with Gasteiger partial charge in [0.1, 0.15) is 0 Å². The van der Waals surface area contributed by atoms with Gasteiger partial charge in [-0.25, -0.2) is 0 Å². The molecule has 3 aliphatic rings. The first-order chi connectivity index (χ1) is 13.8. The highest BCUT2D eigenvalue weighted by Gasteiger charge is 2.23. The minimum atomic E-state index is 0. The molecule has 1 unspecified atom stereocenters. The molecule has 0 aromatic carbocycles. The molecule has 170 valence electrons. The Labute approximate surface area is 195 Å². The number of nitrogens with zero attached hydrogens (tertiary/aromatic N) is 3. The summed E-state index contributed by atoms with van der Waals surface area (Å²) in [6, 6.07) is 0. The first kappa shape index (κ1) is 25.1. The molecule has 6 nitrogen and oxygen atoms in total. The summed E-state index contributed by atoms with van der Waals surface area (Å²) in [5.41, 5.74) is 0. The van der Waals surface area contributed by atoms with E-state index in [0.717, 1.165) is 71.2 Å². The van der Waals surface area contributed by atoms with Gasteiger partial charge >= 0.3 is 0 Å². The van der Waals surface area contributed by atoms with Gasteiger partial charge in [-0.3, -0.25) is 4.99 Å². The predicted octanol–water partition coefficient (Wildman–Crippen LogP) is 3.50. The molecule has 3 fully saturated rings. The van der Waals surface area contributed by atoms with Gasteiger partial charge in [0.05, 0.1) is 25.4 Å². The molecule has 0 aromatic heterocycles. The van der Waals surface area contributed by atoms with Crippen LogP contribution in [-0.2, 0) is 9.47 Å². The zero-order valence-corrected chi connectivity index (χ0v) is 20.8. The summed E-state index contributed by atoms with van der Waals surface area (Å²) < 4.78 is 12.0. The summed E-state index contributed by atoms with van der Waals surface area (Å²) in [6.07, 6.45) is 12.0. The van der Waals surface area contributed by atoms with Crippen molar-refractivity contribution in [3.05, 3.63) is 0 Å². The lowest BCUT2D eigenvalue weighted by molar-refractivity contribution is -0.0721. The first-order valence-electron chi connectivity index (χ1n) is 11.8. The van der Waals surface area contributed by atoms with Crippen LogP contribution < -0.4 is 5.32 Å². The van der Waals surface area contributed by atoms with Gasteiger partial charge < -0.3 is 24.6 Å². The highest BCUT2D eigenvalue weighted by atomic mass is 127. The smallest absolute Gasteiger partial charge is 0.193 e. The van der Waals surface area contributed by atoms with E-state index in [9.17, 15) is 0 Å². The van der Waals surface area contributed by atoms with Crippen LogP contribution in [0.15, 0.2) is 4.99 Å². The number of ether oxygens (including phenoxy) is 2. The molecule has 3 saturated heterocycles. The third-order valence-corrected chi connectivity index (χ3v) is 6.24. The van der Waals surface area contributed by atoms with Crippen LogP contribution in [0, 0.1) is 0 Å². The fourth-order valence-corrected chi connectivity index (χ4v) is 4.50. The molecule has 7 heteroatoms. The molecule has 3 aliphatic heterocycles. The lowest BCUT2D eigenvalue weighted by Crippen LogP contribution is -2.47. The van der Waals surface area contributed by atoms with Crippen LogP contribution in [0.5, 0.6) is 0 Å². The van der Waals surface area contributed by atoms with Gasteiger partial charge in [-0.05, 0) is 65.0 Å². The van der Waals surface area contributed by atoms with Crippen molar-refractivity contribution in [1.82, 2.24) is 15.1 Å². The summed E-state index contributed by atoms with van der Waals surface area (Å²) in [5.74, 6) is 1.09. The van der Waals surface area contributed by atoms with Crippen molar-refractivity contribution in [2.75, 3.05) is 59.0 Å². The molecular weight excluding hydrogens is 479 g/mol. The average Bonchev–Trinajstić information content (AvgIpc) is 3.02. The lowest BCUT2D eigenvalue weighted by atomic mass is 10.1. The monoisotopic (exact) mass is 522 g/mol. The zero-order chi connectivity index (χ0) is 19.4. The summed E-state index contributed by atoms with van der Waals surface area (Å²) in [5, 5.41) is 3.50. The van der Waals surface area contributed by atoms with Gasteiger partial charge in [0, 0.05) is 32.8 Å².